The third-order valence-corrected chi connectivity index (χ3v) is 1.26. The molecule has 0 aromatic carbocycles. The van der Waals surface area contributed by atoms with Gasteiger partial charge in [-0.15, -0.1) is 0 Å². The van der Waals surface area contributed by atoms with Crippen molar-refractivity contribution < 1.29 is 13.2 Å². The summed E-state index contributed by atoms with van der Waals surface area (Å²) in [6.45, 7) is 0. The zero-order valence-corrected chi connectivity index (χ0v) is 4.07. The molecule has 0 aromatic rings. The Balaban J connectivity index is 2.39. The van der Waals surface area contributed by atoms with Crippen LogP contribution in [0.3, 0.4) is 0 Å². The van der Waals surface area contributed by atoms with E-state index in [4.69, 9.17) is 5.73 Å². The van der Waals surface area contributed by atoms with Crippen LogP contribution in [0.2, 0.25) is 0 Å². The van der Waals surface area contributed by atoms with Gasteiger partial charge in [0.1, 0.15) is 0 Å². The fourth-order valence-corrected chi connectivity index (χ4v) is 0.591. The first kappa shape index (κ1) is 5.88. The van der Waals surface area contributed by atoms with Crippen LogP contribution in [0.15, 0.2) is 0 Å². The summed E-state index contributed by atoms with van der Waals surface area (Å²) < 4.78 is 34.2. The number of hydrogen-bond donors (Lipinski definition) is 1. The van der Waals surface area contributed by atoms with Crippen LogP contribution >= 0.6 is 0 Å². The largest absolute Gasteiger partial charge is 0.393 e. The van der Waals surface area contributed by atoms with Gasteiger partial charge in [-0.1, -0.05) is 0 Å². The van der Waals surface area contributed by atoms with Crippen LogP contribution in [0.25, 0.3) is 0 Å². The van der Waals surface area contributed by atoms with Crippen LogP contribution in [-0.4, -0.2) is 12.2 Å². The molecule has 1 rings (SSSR count). The molecule has 1 aliphatic carbocycles. The van der Waals surface area contributed by atoms with Crippen molar-refractivity contribution in [2.24, 2.45) is 11.7 Å². The average Bonchev–Trinajstić information content (AvgIpc) is 2.13. The summed E-state index contributed by atoms with van der Waals surface area (Å²) >= 11 is 0. The molecule has 1 saturated carbocycles. The molecule has 2 atom stereocenters. The van der Waals surface area contributed by atoms with Gasteiger partial charge in [0.05, 0.1) is 5.92 Å². The summed E-state index contributed by atoms with van der Waals surface area (Å²) in [6.07, 6.45) is -3.93. The van der Waals surface area contributed by atoms with Gasteiger partial charge in [-0.2, -0.15) is 13.2 Å². The molecular formula is C4H6F3N. The van der Waals surface area contributed by atoms with Gasteiger partial charge < -0.3 is 5.73 Å². The van der Waals surface area contributed by atoms with Crippen molar-refractivity contribution in [1.29, 1.82) is 0 Å². The van der Waals surface area contributed by atoms with Crippen LogP contribution in [-0.2, 0) is 0 Å². The van der Waals surface area contributed by atoms with Gasteiger partial charge in [0.25, 0.3) is 0 Å². The molecule has 8 heavy (non-hydrogen) atoms. The van der Waals surface area contributed by atoms with Crippen LogP contribution in [0.1, 0.15) is 6.42 Å². The molecule has 0 radical (unpaired) electrons. The van der Waals surface area contributed by atoms with Crippen molar-refractivity contribution in [2.45, 2.75) is 18.6 Å². The second kappa shape index (κ2) is 1.37. The maximum absolute atomic E-state index is 11.4. The maximum atomic E-state index is 11.4. The summed E-state index contributed by atoms with van der Waals surface area (Å²) in [5.41, 5.74) is 4.93. The fraction of sp³-hybridized carbons (Fsp3) is 1.00. The normalized spacial score (nSPS) is 37.5. The van der Waals surface area contributed by atoms with Crippen molar-refractivity contribution in [3.8, 4) is 0 Å². The van der Waals surface area contributed by atoms with Crippen LogP contribution in [0, 0.1) is 5.92 Å². The highest BCUT2D eigenvalue weighted by atomic mass is 19.4. The standard InChI is InChI=1S/C4H6F3N/c5-4(6,7)2-1-3(2)8/h2-3H,1,8H2. The van der Waals surface area contributed by atoms with Crippen LogP contribution in [0.4, 0.5) is 13.2 Å². The van der Waals surface area contributed by atoms with E-state index in [1.807, 2.05) is 0 Å². The second-order valence-corrected chi connectivity index (χ2v) is 2.05. The highest BCUT2D eigenvalue weighted by molar-refractivity contribution is 4.94. The van der Waals surface area contributed by atoms with Gasteiger partial charge in [-0.25, -0.2) is 0 Å². The minimum Gasteiger partial charge on any atom is -0.327 e. The third kappa shape index (κ3) is 0.940. The molecular weight excluding hydrogens is 119 g/mol. The Hall–Kier alpha value is -0.250. The van der Waals surface area contributed by atoms with Gasteiger partial charge in [0.15, 0.2) is 0 Å². The molecule has 2 unspecified atom stereocenters. The van der Waals surface area contributed by atoms with Crippen molar-refractivity contribution >= 4 is 0 Å². The van der Waals surface area contributed by atoms with E-state index in [0.717, 1.165) is 0 Å². The number of hydrogen-bond acceptors (Lipinski definition) is 1. The SMILES string of the molecule is NC1CC1C(F)(F)F. The quantitative estimate of drug-likeness (QED) is 0.511. The predicted molar refractivity (Wildman–Crippen MR) is 22.1 cm³/mol. The van der Waals surface area contributed by atoms with Crippen molar-refractivity contribution in [2.75, 3.05) is 0 Å². The number of halogens is 3. The van der Waals surface area contributed by atoms with E-state index in [0.29, 0.717) is 0 Å². The molecule has 0 heterocycles. The van der Waals surface area contributed by atoms with Crippen LogP contribution in [0.5, 0.6) is 0 Å². The van der Waals surface area contributed by atoms with Crippen molar-refractivity contribution in [3.63, 3.8) is 0 Å². The lowest BCUT2D eigenvalue weighted by molar-refractivity contribution is -0.148. The first-order chi connectivity index (χ1) is 3.52. The van der Waals surface area contributed by atoms with Gasteiger partial charge in [0, 0.05) is 6.04 Å². The Kier molecular flexibility index (Phi) is 1.01. The smallest absolute Gasteiger partial charge is 0.327 e. The molecule has 0 bridgehead atoms. The summed E-state index contributed by atoms with van der Waals surface area (Å²) in [6, 6.07) is -0.616. The average molecular weight is 125 g/mol. The maximum Gasteiger partial charge on any atom is 0.393 e. The van der Waals surface area contributed by atoms with Gasteiger partial charge in [-0.3, -0.25) is 0 Å². The zero-order chi connectivity index (χ0) is 6.36. The first-order valence-electron chi connectivity index (χ1n) is 2.34. The molecule has 0 spiro atoms. The predicted octanol–water partition coefficient (Wildman–Crippen LogP) is 0.896. The van der Waals surface area contributed by atoms with Gasteiger partial charge in [-0.05, 0) is 6.42 Å². The fourth-order valence-electron chi connectivity index (χ4n) is 0.591. The second-order valence-electron chi connectivity index (χ2n) is 2.05. The monoisotopic (exact) mass is 125 g/mol. The minimum absolute atomic E-state index is 0.115. The zero-order valence-electron chi connectivity index (χ0n) is 4.07. The molecule has 1 fully saturated rings. The lowest BCUT2D eigenvalue weighted by Crippen LogP contribution is -2.17. The summed E-state index contributed by atoms with van der Waals surface area (Å²) in [5.74, 6) is -1.21. The van der Waals surface area contributed by atoms with Crippen molar-refractivity contribution in [3.05, 3.63) is 0 Å². The lowest BCUT2D eigenvalue weighted by Gasteiger charge is -2.00. The van der Waals surface area contributed by atoms with E-state index in [2.05, 4.69) is 0 Å². The van der Waals surface area contributed by atoms with E-state index >= 15 is 0 Å². The number of nitrogens with two attached hydrogens (primary N) is 1. The molecule has 48 valence electrons. The van der Waals surface area contributed by atoms with E-state index in [-0.39, 0.29) is 6.42 Å². The Morgan fingerprint density at radius 3 is 1.75 bits per heavy atom. The first-order valence-corrected chi connectivity index (χ1v) is 2.34. The topological polar surface area (TPSA) is 26.0 Å². The lowest BCUT2D eigenvalue weighted by atomic mass is 10.4. The van der Waals surface area contributed by atoms with E-state index < -0.39 is 18.1 Å². The van der Waals surface area contributed by atoms with E-state index in [1.165, 1.54) is 0 Å². The molecule has 4 heteroatoms. The molecule has 1 nitrogen and oxygen atoms in total. The molecule has 0 aliphatic heterocycles. The molecule has 0 aromatic heterocycles. The highest BCUT2D eigenvalue weighted by Crippen LogP contribution is 2.42. The van der Waals surface area contributed by atoms with Gasteiger partial charge >= 0.3 is 6.18 Å². The van der Waals surface area contributed by atoms with E-state index in [9.17, 15) is 13.2 Å². The summed E-state index contributed by atoms with van der Waals surface area (Å²) in [5, 5.41) is 0. The Bertz CT molecular complexity index is 97.9. The summed E-state index contributed by atoms with van der Waals surface area (Å²) in [4.78, 5) is 0. The molecule has 1 aliphatic rings. The Morgan fingerprint density at radius 2 is 1.75 bits per heavy atom. The number of rotatable bonds is 0. The number of alkyl halides is 3. The molecule has 0 amide bonds. The van der Waals surface area contributed by atoms with Gasteiger partial charge in [0.2, 0.25) is 0 Å². The van der Waals surface area contributed by atoms with Crippen LogP contribution < -0.4 is 5.73 Å². The Labute approximate surface area is 44.7 Å². The third-order valence-electron chi connectivity index (χ3n) is 1.26. The minimum atomic E-state index is -4.04. The molecule has 2 N–H and O–H groups in total. The van der Waals surface area contributed by atoms with E-state index in [1.54, 1.807) is 0 Å². The highest BCUT2D eigenvalue weighted by Gasteiger charge is 2.53. The summed E-state index contributed by atoms with van der Waals surface area (Å²) in [7, 11) is 0. The van der Waals surface area contributed by atoms with Crippen molar-refractivity contribution in [1.82, 2.24) is 0 Å². The Morgan fingerprint density at radius 1 is 1.38 bits per heavy atom. The molecule has 0 saturated heterocycles.